The van der Waals surface area contributed by atoms with Crippen LogP contribution >= 0.6 is 0 Å². The van der Waals surface area contributed by atoms with Gasteiger partial charge in [0.2, 0.25) is 5.75 Å². The third-order valence-electron chi connectivity index (χ3n) is 2.83. The van der Waals surface area contributed by atoms with Gasteiger partial charge in [0.05, 0.1) is 24.7 Å². The van der Waals surface area contributed by atoms with Crippen molar-refractivity contribution >= 4 is 11.8 Å². The van der Waals surface area contributed by atoms with E-state index in [9.17, 15) is 20.0 Å². The fraction of sp³-hybridized carbons (Fsp3) is 0.364. The molecule has 1 aromatic rings. The van der Waals surface area contributed by atoms with Gasteiger partial charge in [0.25, 0.3) is 0 Å². The molecule has 0 aromatic heterocycles. The lowest BCUT2D eigenvalue weighted by molar-refractivity contribution is -0.386. The molecule has 0 unspecified atom stereocenters. The molecule has 2 N–H and O–H groups in total. The van der Waals surface area contributed by atoms with E-state index < -0.39 is 28.5 Å². The second-order valence-corrected chi connectivity index (χ2v) is 3.97. The van der Waals surface area contributed by atoms with Crippen molar-refractivity contribution in [2.24, 2.45) is 0 Å². The Morgan fingerprint density at radius 1 is 1.58 bits per heavy atom. The van der Waals surface area contributed by atoms with Crippen LogP contribution in [0.3, 0.4) is 0 Å². The van der Waals surface area contributed by atoms with E-state index in [1.54, 1.807) is 0 Å². The van der Waals surface area contributed by atoms with Crippen LogP contribution in [0.25, 0.3) is 0 Å². The van der Waals surface area contributed by atoms with Crippen molar-refractivity contribution in [3.05, 3.63) is 27.8 Å². The molecule has 1 aliphatic rings. The lowest BCUT2D eigenvalue weighted by Gasteiger charge is -2.24. The largest absolute Gasteiger partial charge is 0.500 e. The number of nitro benzene ring substituents is 1. The van der Waals surface area contributed by atoms with Gasteiger partial charge in [0.15, 0.2) is 5.75 Å². The first kappa shape index (κ1) is 12.9. The summed E-state index contributed by atoms with van der Waals surface area (Å²) in [6.07, 6.45) is -0.0949. The van der Waals surface area contributed by atoms with Crippen molar-refractivity contribution in [1.82, 2.24) is 5.32 Å². The highest BCUT2D eigenvalue weighted by Crippen LogP contribution is 2.39. The second kappa shape index (κ2) is 5.01. The Bertz CT molecular complexity index is 530. The minimum Gasteiger partial charge on any atom is -0.500 e. The molecule has 1 fully saturated rings. The van der Waals surface area contributed by atoms with E-state index in [0.29, 0.717) is 12.0 Å². The number of methoxy groups -OCH3 is 1. The number of phenolic OH excluding ortho intramolecular Hbond substituents is 1. The number of carbonyl (C=O) groups is 1. The number of alkyl carbamates (subject to hydrolysis) is 1. The second-order valence-electron chi connectivity index (χ2n) is 3.97. The zero-order valence-corrected chi connectivity index (χ0v) is 10.1. The predicted molar refractivity (Wildman–Crippen MR) is 63.2 cm³/mol. The van der Waals surface area contributed by atoms with Crippen molar-refractivity contribution < 1.29 is 24.3 Å². The number of rotatable bonds is 3. The number of benzene rings is 1. The molecule has 1 heterocycles. The van der Waals surface area contributed by atoms with E-state index in [0.717, 1.165) is 0 Å². The van der Waals surface area contributed by atoms with Gasteiger partial charge in [-0.1, -0.05) is 0 Å². The van der Waals surface area contributed by atoms with Gasteiger partial charge in [0, 0.05) is 12.5 Å². The molecule has 2 rings (SSSR count). The van der Waals surface area contributed by atoms with Gasteiger partial charge >= 0.3 is 11.8 Å². The van der Waals surface area contributed by atoms with E-state index in [-0.39, 0.29) is 12.4 Å². The third-order valence-corrected chi connectivity index (χ3v) is 2.83. The summed E-state index contributed by atoms with van der Waals surface area (Å²) in [6.45, 7) is 0.230. The summed E-state index contributed by atoms with van der Waals surface area (Å²) in [5.74, 6) is -0.542. The Morgan fingerprint density at radius 2 is 2.32 bits per heavy atom. The van der Waals surface area contributed by atoms with Crippen LogP contribution in [0.4, 0.5) is 10.5 Å². The maximum Gasteiger partial charge on any atom is 0.407 e. The molecular formula is C11H12N2O6. The smallest absolute Gasteiger partial charge is 0.407 e. The molecule has 1 atom stereocenters. The summed E-state index contributed by atoms with van der Waals surface area (Å²) in [5, 5.41) is 23.1. The standard InChI is InChI=1S/C11H12N2O6/c1-18-9-5-6(4-8(10(9)14)13(16)17)7-2-3-19-11(15)12-7/h4-5,7,14H,2-3H2,1H3,(H,12,15)/t7-/m1/s1. The monoisotopic (exact) mass is 268 g/mol. The summed E-state index contributed by atoms with van der Waals surface area (Å²) in [5.41, 5.74) is 0.0214. The molecule has 8 nitrogen and oxygen atoms in total. The number of hydrogen-bond acceptors (Lipinski definition) is 6. The quantitative estimate of drug-likeness (QED) is 0.634. The van der Waals surface area contributed by atoms with Crippen LogP contribution in [-0.4, -0.2) is 29.8 Å². The molecule has 0 aliphatic carbocycles. The first-order chi connectivity index (χ1) is 9.02. The van der Waals surface area contributed by atoms with E-state index in [4.69, 9.17) is 9.47 Å². The Kier molecular flexibility index (Phi) is 3.41. The molecule has 0 bridgehead atoms. The number of nitrogens with one attached hydrogen (secondary N) is 1. The number of cyclic esters (lactones) is 1. The number of amides is 1. The molecule has 1 saturated heterocycles. The molecule has 0 saturated carbocycles. The Morgan fingerprint density at radius 3 is 2.89 bits per heavy atom. The SMILES string of the molecule is COc1cc([C@H]2CCOC(=O)N2)cc([N+](=O)[O-])c1O. The van der Waals surface area contributed by atoms with Crippen molar-refractivity contribution in [3.63, 3.8) is 0 Å². The highest BCUT2D eigenvalue weighted by Gasteiger charge is 2.26. The third kappa shape index (κ3) is 2.51. The molecule has 1 aromatic carbocycles. The average molecular weight is 268 g/mol. The molecule has 102 valence electrons. The number of aromatic hydroxyl groups is 1. The number of nitrogens with zero attached hydrogens (tertiary/aromatic N) is 1. The van der Waals surface area contributed by atoms with Gasteiger partial charge < -0.3 is 19.9 Å². The van der Waals surface area contributed by atoms with Crippen LogP contribution in [0.5, 0.6) is 11.5 Å². The van der Waals surface area contributed by atoms with E-state index in [1.165, 1.54) is 19.2 Å². The van der Waals surface area contributed by atoms with E-state index in [2.05, 4.69) is 5.32 Å². The zero-order chi connectivity index (χ0) is 14.0. The lowest BCUT2D eigenvalue weighted by atomic mass is 10.0. The van der Waals surface area contributed by atoms with Gasteiger partial charge in [-0.2, -0.15) is 0 Å². The Labute approximate surface area is 108 Å². The minimum absolute atomic E-state index is 0.00931. The highest BCUT2D eigenvalue weighted by molar-refractivity contribution is 5.69. The van der Waals surface area contributed by atoms with Crippen LogP contribution in [0.2, 0.25) is 0 Å². The van der Waals surface area contributed by atoms with Crippen molar-refractivity contribution in [2.75, 3.05) is 13.7 Å². The van der Waals surface area contributed by atoms with Crippen LogP contribution in [-0.2, 0) is 4.74 Å². The van der Waals surface area contributed by atoms with Crippen LogP contribution in [0, 0.1) is 10.1 Å². The molecule has 0 spiro atoms. The summed E-state index contributed by atoms with van der Waals surface area (Å²) >= 11 is 0. The van der Waals surface area contributed by atoms with Crippen molar-refractivity contribution in [2.45, 2.75) is 12.5 Å². The highest BCUT2D eigenvalue weighted by atomic mass is 16.6. The molecular weight excluding hydrogens is 256 g/mol. The van der Waals surface area contributed by atoms with Crippen LogP contribution in [0.1, 0.15) is 18.0 Å². The van der Waals surface area contributed by atoms with Gasteiger partial charge in [-0.3, -0.25) is 10.1 Å². The first-order valence-electron chi connectivity index (χ1n) is 5.51. The number of nitro groups is 1. The minimum atomic E-state index is -0.706. The molecule has 8 heteroatoms. The predicted octanol–water partition coefficient (Wildman–Crippen LogP) is 1.48. The van der Waals surface area contributed by atoms with Gasteiger partial charge in [-0.05, 0) is 11.6 Å². The average Bonchev–Trinajstić information content (AvgIpc) is 2.38. The topological polar surface area (TPSA) is 111 Å². The van der Waals surface area contributed by atoms with E-state index >= 15 is 0 Å². The summed E-state index contributed by atoms with van der Waals surface area (Å²) in [4.78, 5) is 21.3. The summed E-state index contributed by atoms with van der Waals surface area (Å²) in [6, 6.07) is 2.27. The van der Waals surface area contributed by atoms with Gasteiger partial charge in [0.1, 0.15) is 0 Å². The fourth-order valence-electron chi connectivity index (χ4n) is 1.89. The maximum atomic E-state index is 11.1. The van der Waals surface area contributed by atoms with Crippen molar-refractivity contribution in [1.29, 1.82) is 0 Å². The van der Waals surface area contributed by atoms with Crippen LogP contribution < -0.4 is 10.1 Å². The molecule has 19 heavy (non-hydrogen) atoms. The maximum absolute atomic E-state index is 11.1. The first-order valence-corrected chi connectivity index (χ1v) is 5.51. The fourth-order valence-corrected chi connectivity index (χ4v) is 1.89. The Hall–Kier alpha value is -2.51. The number of ether oxygens (including phenoxy) is 2. The lowest BCUT2D eigenvalue weighted by Crippen LogP contribution is -2.35. The number of carbonyl (C=O) groups excluding carboxylic acids is 1. The molecule has 0 radical (unpaired) electrons. The van der Waals surface area contributed by atoms with Crippen LogP contribution in [0.15, 0.2) is 12.1 Å². The number of phenols is 1. The van der Waals surface area contributed by atoms with Crippen molar-refractivity contribution in [3.8, 4) is 11.5 Å². The zero-order valence-electron chi connectivity index (χ0n) is 10.1. The number of hydrogen-bond donors (Lipinski definition) is 2. The normalized spacial score (nSPS) is 18.4. The summed E-state index contributed by atoms with van der Waals surface area (Å²) < 4.78 is 9.62. The summed E-state index contributed by atoms with van der Waals surface area (Å²) in [7, 11) is 1.30. The molecule has 1 amide bonds. The van der Waals surface area contributed by atoms with Gasteiger partial charge in [-0.15, -0.1) is 0 Å². The van der Waals surface area contributed by atoms with Gasteiger partial charge in [-0.25, -0.2) is 4.79 Å². The Balaban J connectivity index is 2.42. The van der Waals surface area contributed by atoms with E-state index in [1.807, 2.05) is 0 Å². The molecule has 1 aliphatic heterocycles.